The molecule has 0 saturated carbocycles. The lowest BCUT2D eigenvalue weighted by Crippen LogP contribution is -2.20. The van der Waals surface area contributed by atoms with Gasteiger partial charge in [0.25, 0.3) is 0 Å². The van der Waals surface area contributed by atoms with Crippen molar-refractivity contribution in [2.75, 3.05) is 0 Å². The standard InChI is InChI=1S/C50H37NO/c1-3-13-33(14-4-1)35-19-11-23-46(34-15-5-2-6-16-34)51-47(32-35)43-22-12-24-49-50(43)45-31-37(26-28-48(45)52-49)36-25-27-42-40-20-9-7-17-38(40)29-39-18-8-10-21-41(39)44(42)30-36/h1-15,17-22,24-28,30-32,34,46H,16,23,29H2/b19-11+,35-32+,51-47+. The third kappa shape index (κ3) is 5.39. The van der Waals surface area contributed by atoms with Crippen LogP contribution in [0.2, 0.25) is 0 Å². The normalized spacial score (nSPS) is 20.4. The highest BCUT2D eigenvalue weighted by molar-refractivity contribution is 6.24. The summed E-state index contributed by atoms with van der Waals surface area (Å²) in [5.74, 6) is 0.355. The van der Waals surface area contributed by atoms with E-state index in [9.17, 15) is 0 Å². The number of aliphatic imine (C=N–C) groups is 1. The van der Waals surface area contributed by atoms with Gasteiger partial charge in [-0.15, -0.1) is 0 Å². The molecule has 0 fully saturated rings. The van der Waals surface area contributed by atoms with Crippen molar-refractivity contribution in [3.05, 3.63) is 198 Å². The second-order valence-corrected chi connectivity index (χ2v) is 14.1. The quantitative estimate of drug-likeness (QED) is 0.183. The number of fused-ring (bicyclic) bond motifs is 8. The van der Waals surface area contributed by atoms with Crippen LogP contribution in [0.1, 0.15) is 35.1 Å². The van der Waals surface area contributed by atoms with Crippen LogP contribution in [0.5, 0.6) is 0 Å². The predicted molar refractivity (Wildman–Crippen MR) is 218 cm³/mol. The molecule has 0 radical (unpaired) electrons. The second kappa shape index (κ2) is 12.8. The molecule has 2 aliphatic carbocycles. The first kappa shape index (κ1) is 30.6. The number of rotatable bonds is 4. The summed E-state index contributed by atoms with van der Waals surface area (Å²) < 4.78 is 6.57. The summed E-state index contributed by atoms with van der Waals surface area (Å²) in [7, 11) is 0. The first-order valence-electron chi connectivity index (χ1n) is 18.4. The molecule has 3 aliphatic rings. The monoisotopic (exact) mass is 667 g/mol. The van der Waals surface area contributed by atoms with Crippen LogP contribution in [0.4, 0.5) is 0 Å². The van der Waals surface area contributed by atoms with Crippen LogP contribution in [-0.4, -0.2) is 11.8 Å². The Morgan fingerprint density at radius 3 is 2.12 bits per heavy atom. The molecule has 0 bridgehead atoms. The molecule has 0 saturated heterocycles. The van der Waals surface area contributed by atoms with Gasteiger partial charge in [-0.25, -0.2) is 0 Å². The molecule has 0 amide bonds. The highest BCUT2D eigenvalue weighted by atomic mass is 16.3. The van der Waals surface area contributed by atoms with Crippen LogP contribution in [-0.2, 0) is 6.42 Å². The van der Waals surface area contributed by atoms with Gasteiger partial charge in [0, 0.05) is 22.3 Å². The molecule has 52 heavy (non-hydrogen) atoms. The summed E-state index contributed by atoms with van der Waals surface area (Å²) in [5.41, 5.74) is 16.5. The van der Waals surface area contributed by atoms with Crippen molar-refractivity contribution in [3.63, 3.8) is 0 Å². The average molecular weight is 668 g/mol. The Labute approximate surface area is 304 Å². The molecule has 0 spiro atoms. The van der Waals surface area contributed by atoms with Gasteiger partial charge >= 0.3 is 0 Å². The number of benzene rings is 6. The van der Waals surface area contributed by atoms with E-state index in [4.69, 9.17) is 9.41 Å². The fraction of sp³-hybridized carbons (Fsp3) is 0.100. The Bertz CT molecular complexity index is 2660. The zero-order valence-electron chi connectivity index (χ0n) is 28.9. The number of furan rings is 1. The van der Waals surface area contributed by atoms with Gasteiger partial charge in [-0.3, -0.25) is 4.99 Å². The molecular weight excluding hydrogens is 631 g/mol. The number of nitrogens with zero attached hydrogens (tertiary/aromatic N) is 1. The Morgan fingerprint density at radius 1 is 0.538 bits per heavy atom. The number of allylic oxidation sites excluding steroid dienone is 6. The summed E-state index contributed by atoms with van der Waals surface area (Å²) in [6.07, 6.45) is 18.6. The largest absolute Gasteiger partial charge is 0.456 e. The van der Waals surface area contributed by atoms with Crippen LogP contribution in [0, 0.1) is 5.92 Å². The lowest BCUT2D eigenvalue weighted by Gasteiger charge is -2.23. The third-order valence-corrected chi connectivity index (χ3v) is 11.0. The zero-order valence-corrected chi connectivity index (χ0v) is 28.9. The van der Waals surface area contributed by atoms with E-state index in [-0.39, 0.29) is 6.04 Å². The fourth-order valence-corrected chi connectivity index (χ4v) is 8.39. The van der Waals surface area contributed by atoms with Gasteiger partial charge in [-0.2, -0.15) is 0 Å². The van der Waals surface area contributed by atoms with Gasteiger partial charge < -0.3 is 4.42 Å². The highest BCUT2D eigenvalue weighted by Gasteiger charge is 2.23. The summed E-state index contributed by atoms with van der Waals surface area (Å²) in [5, 5.41) is 2.22. The van der Waals surface area contributed by atoms with Gasteiger partial charge in [-0.1, -0.05) is 146 Å². The van der Waals surface area contributed by atoms with E-state index < -0.39 is 0 Å². The van der Waals surface area contributed by atoms with Gasteiger partial charge in [0.1, 0.15) is 11.2 Å². The molecule has 2 unspecified atom stereocenters. The Morgan fingerprint density at radius 2 is 1.29 bits per heavy atom. The Hall–Kier alpha value is -6.25. The van der Waals surface area contributed by atoms with Crippen molar-refractivity contribution in [3.8, 4) is 33.4 Å². The summed E-state index contributed by atoms with van der Waals surface area (Å²) in [4.78, 5) is 5.58. The van der Waals surface area contributed by atoms with E-state index in [1.807, 2.05) is 0 Å². The fourth-order valence-electron chi connectivity index (χ4n) is 8.39. The third-order valence-electron chi connectivity index (χ3n) is 11.0. The smallest absolute Gasteiger partial charge is 0.136 e. The van der Waals surface area contributed by atoms with E-state index in [0.717, 1.165) is 58.0 Å². The second-order valence-electron chi connectivity index (χ2n) is 14.1. The maximum atomic E-state index is 6.57. The van der Waals surface area contributed by atoms with Crippen molar-refractivity contribution in [2.24, 2.45) is 10.9 Å². The van der Waals surface area contributed by atoms with Crippen molar-refractivity contribution in [1.82, 2.24) is 0 Å². The molecule has 6 aromatic carbocycles. The minimum absolute atomic E-state index is 0.137. The van der Waals surface area contributed by atoms with Gasteiger partial charge in [0.15, 0.2) is 0 Å². The molecule has 0 N–H and O–H groups in total. The molecule has 2 nitrogen and oxygen atoms in total. The molecule has 1 aromatic heterocycles. The van der Waals surface area contributed by atoms with Crippen LogP contribution in [0.3, 0.4) is 0 Å². The molecular formula is C50H37NO. The number of hydrogen-bond acceptors (Lipinski definition) is 2. The lowest BCUT2D eigenvalue weighted by molar-refractivity contribution is 0.509. The minimum atomic E-state index is 0.137. The minimum Gasteiger partial charge on any atom is -0.456 e. The molecule has 10 rings (SSSR count). The van der Waals surface area contributed by atoms with Crippen LogP contribution < -0.4 is 0 Å². The highest BCUT2D eigenvalue weighted by Crippen LogP contribution is 2.43. The van der Waals surface area contributed by atoms with Crippen molar-refractivity contribution in [2.45, 2.75) is 25.3 Å². The lowest BCUT2D eigenvalue weighted by atomic mass is 9.88. The molecule has 248 valence electrons. The average Bonchev–Trinajstić information content (AvgIpc) is 3.50. The van der Waals surface area contributed by atoms with Crippen molar-refractivity contribution < 1.29 is 4.42 Å². The summed E-state index contributed by atoms with van der Waals surface area (Å²) in [6, 6.07) is 48.5. The van der Waals surface area contributed by atoms with E-state index in [2.05, 4.69) is 176 Å². The molecule has 1 aliphatic heterocycles. The van der Waals surface area contributed by atoms with E-state index >= 15 is 0 Å². The van der Waals surface area contributed by atoms with Crippen LogP contribution >= 0.6 is 0 Å². The topological polar surface area (TPSA) is 25.5 Å². The number of hydrogen-bond donors (Lipinski definition) is 0. The zero-order chi connectivity index (χ0) is 34.4. The molecule has 2 heteroatoms. The van der Waals surface area contributed by atoms with Crippen molar-refractivity contribution >= 4 is 33.2 Å². The summed E-state index contributed by atoms with van der Waals surface area (Å²) in [6.45, 7) is 0. The van der Waals surface area contributed by atoms with E-state index in [0.29, 0.717) is 5.92 Å². The van der Waals surface area contributed by atoms with Crippen LogP contribution in [0.25, 0.3) is 60.9 Å². The Balaban J connectivity index is 1.14. The molecule has 2 atom stereocenters. The molecule has 7 aromatic rings. The Kier molecular flexibility index (Phi) is 7.53. The van der Waals surface area contributed by atoms with Gasteiger partial charge in [0.2, 0.25) is 0 Å². The SMILES string of the molecule is C1=CCC(C2C/C=C/C(c3ccccc3)=C\C(c3cccc4oc5ccc(-c6ccc7c(c6)-c6ccccc6Cc6ccccc6-7)cc5c34)=N/2)C=C1. The maximum Gasteiger partial charge on any atom is 0.136 e. The van der Waals surface area contributed by atoms with Crippen LogP contribution in [0.15, 0.2) is 185 Å². The summed E-state index contributed by atoms with van der Waals surface area (Å²) >= 11 is 0. The molecule has 2 heterocycles. The van der Waals surface area contributed by atoms with Crippen molar-refractivity contribution in [1.29, 1.82) is 0 Å². The first-order chi connectivity index (χ1) is 25.8. The van der Waals surface area contributed by atoms with E-state index in [1.165, 1.54) is 50.1 Å². The predicted octanol–water partition coefficient (Wildman–Crippen LogP) is 12.8. The van der Waals surface area contributed by atoms with E-state index in [1.54, 1.807) is 0 Å². The van der Waals surface area contributed by atoms with Gasteiger partial charge in [0.05, 0.1) is 11.8 Å². The van der Waals surface area contributed by atoms with Gasteiger partial charge in [-0.05, 0) is 105 Å². The first-order valence-corrected chi connectivity index (χ1v) is 18.4. The maximum absolute atomic E-state index is 6.57.